The Kier molecular flexibility index (Phi) is 20.5. The van der Waals surface area contributed by atoms with Gasteiger partial charge >= 0.3 is 18.3 Å². The zero-order valence-corrected chi connectivity index (χ0v) is 43.6. The summed E-state index contributed by atoms with van der Waals surface area (Å²) >= 11 is 0. The van der Waals surface area contributed by atoms with Crippen molar-refractivity contribution in [1.82, 2.24) is 13.7 Å². The lowest BCUT2D eigenvalue weighted by Gasteiger charge is -2.50. The summed E-state index contributed by atoms with van der Waals surface area (Å²) in [5.74, 6) is -4.08. The number of anilines is 3. The van der Waals surface area contributed by atoms with Gasteiger partial charge in [0.15, 0.2) is 17.5 Å². The van der Waals surface area contributed by atoms with E-state index in [9.17, 15) is 59.4 Å². The van der Waals surface area contributed by atoms with Gasteiger partial charge in [0, 0.05) is 61.3 Å². The molecule has 0 aliphatic carbocycles. The lowest BCUT2D eigenvalue weighted by molar-refractivity contribution is -0.581. The van der Waals surface area contributed by atoms with Gasteiger partial charge in [-0.25, -0.2) is 29.1 Å². The summed E-state index contributed by atoms with van der Waals surface area (Å²) < 4.78 is 21.7. The Balaban J connectivity index is 1.81. The highest BCUT2D eigenvalue weighted by molar-refractivity contribution is 5.92. The van der Waals surface area contributed by atoms with Crippen LogP contribution < -0.4 is 45.2 Å². The van der Waals surface area contributed by atoms with Gasteiger partial charge in [0.2, 0.25) is 33.5 Å². The number of aliphatic hydroxyl groups excluding tert-OH is 3. The number of ether oxygens (including phenoxy) is 3. The van der Waals surface area contributed by atoms with Crippen molar-refractivity contribution < 1.29 is 64.2 Å². The number of aromatic nitrogens is 3. The predicted octanol–water partition coefficient (Wildman–Crippen LogP) is 6.09. The third kappa shape index (κ3) is 12.7. The lowest BCUT2D eigenvalue weighted by atomic mass is 9.71. The summed E-state index contributed by atoms with van der Waals surface area (Å²) in [6.07, 6.45) is -4.72. The van der Waals surface area contributed by atoms with E-state index < -0.39 is 157 Å². The van der Waals surface area contributed by atoms with Crippen molar-refractivity contribution >= 4 is 35.7 Å². The second-order valence-corrected chi connectivity index (χ2v) is 17.9. The van der Waals surface area contributed by atoms with E-state index in [0.29, 0.717) is 31.4 Å². The highest BCUT2D eigenvalue weighted by atomic mass is 16.6. The number of carbonyl (C=O) groups is 3. The van der Waals surface area contributed by atoms with E-state index in [1.807, 2.05) is 0 Å². The molecule has 0 aliphatic heterocycles. The first-order valence-electron chi connectivity index (χ1n) is 25.3. The molecule has 6 aromatic rings. The first-order chi connectivity index (χ1) is 38.0. The fourth-order valence-corrected chi connectivity index (χ4v) is 10.1. The molecule has 79 heavy (non-hydrogen) atoms. The summed E-state index contributed by atoms with van der Waals surface area (Å²) in [4.78, 5) is 102. The molecule has 0 bridgehead atoms. The van der Waals surface area contributed by atoms with Crippen LogP contribution in [0.15, 0.2) is 142 Å². The number of carboxylic acid groups (broad SMARTS) is 3. The summed E-state index contributed by atoms with van der Waals surface area (Å²) in [5.41, 5.74) is -4.71. The van der Waals surface area contributed by atoms with Crippen LogP contribution in [0.4, 0.5) is 31.8 Å². The Morgan fingerprint density at radius 3 is 0.949 bits per heavy atom. The van der Waals surface area contributed by atoms with Crippen LogP contribution in [0.1, 0.15) is 56.7 Å². The fourth-order valence-electron chi connectivity index (χ4n) is 10.1. The maximum atomic E-state index is 15.4. The molecule has 3 atom stereocenters. The Labute approximate surface area is 452 Å². The smallest absolute Gasteiger partial charge is 0.413 e. The number of hydrogen-bond donors (Lipinski definition) is 6. The molecule has 0 saturated heterocycles. The van der Waals surface area contributed by atoms with E-state index in [2.05, 4.69) is 0 Å². The second-order valence-electron chi connectivity index (χ2n) is 17.9. The molecule has 3 heterocycles. The molecule has 6 N–H and O–H groups in total. The van der Waals surface area contributed by atoms with E-state index in [0.717, 1.165) is 50.5 Å². The summed E-state index contributed by atoms with van der Waals surface area (Å²) in [7, 11) is 0. The van der Waals surface area contributed by atoms with Gasteiger partial charge in [0.05, 0.1) is 19.8 Å². The number of benzene rings is 3. The molecule has 3 unspecified atom stereocenters. The van der Waals surface area contributed by atoms with Crippen molar-refractivity contribution in [3.05, 3.63) is 185 Å². The number of amides is 3. The van der Waals surface area contributed by atoms with Crippen molar-refractivity contribution in [2.45, 2.75) is 103 Å². The van der Waals surface area contributed by atoms with Gasteiger partial charge in [0.1, 0.15) is 37.9 Å². The van der Waals surface area contributed by atoms with Crippen LogP contribution in [0.2, 0.25) is 0 Å². The molecule has 6 rings (SSSR count). The topological polar surface area (TPSA) is 319 Å². The number of rotatable bonds is 28. The Morgan fingerprint density at radius 2 is 0.747 bits per heavy atom. The van der Waals surface area contributed by atoms with Crippen molar-refractivity contribution in [2.24, 2.45) is 0 Å². The summed E-state index contributed by atoms with van der Waals surface area (Å²) in [6, 6.07) is 21.1. The molecule has 3 amide bonds. The van der Waals surface area contributed by atoms with Crippen LogP contribution in [0.5, 0.6) is 17.2 Å². The highest BCUT2D eigenvalue weighted by Crippen LogP contribution is 2.46. The van der Waals surface area contributed by atoms with E-state index in [-0.39, 0.29) is 19.8 Å². The van der Waals surface area contributed by atoms with Crippen molar-refractivity contribution in [3.8, 4) is 17.2 Å². The molecule has 24 nitrogen and oxygen atoms in total. The summed E-state index contributed by atoms with van der Waals surface area (Å²) in [6.45, 7) is -0.624. The van der Waals surface area contributed by atoms with Gasteiger partial charge in [0.25, 0.3) is 5.54 Å². The largest absolute Gasteiger partial charge is 0.481 e. The number of aliphatic hydroxyl groups is 3. The number of hydrogen-bond acceptors (Lipinski definition) is 14. The van der Waals surface area contributed by atoms with Gasteiger partial charge in [-0.2, -0.15) is 0 Å². The molecule has 0 aliphatic rings. The zero-order chi connectivity index (χ0) is 57.4. The summed E-state index contributed by atoms with van der Waals surface area (Å²) in [5, 5.41) is 82.1. The van der Waals surface area contributed by atoms with Crippen LogP contribution in [-0.2, 0) is 39.5 Å². The molecule has 3 aromatic carbocycles. The van der Waals surface area contributed by atoms with Gasteiger partial charge in [-0.15, -0.1) is 0 Å². The van der Waals surface area contributed by atoms with E-state index >= 15 is 10.1 Å². The van der Waals surface area contributed by atoms with E-state index in [4.69, 9.17) is 14.2 Å². The second kappa shape index (κ2) is 27.4. The molecule has 0 fully saturated rings. The van der Waals surface area contributed by atoms with Crippen LogP contribution in [0.3, 0.4) is 0 Å². The lowest BCUT2D eigenvalue weighted by Crippen LogP contribution is -2.77. The molecular formula is C55H63N7O17. The van der Waals surface area contributed by atoms with Crippen molar-refractivity contribution in [2.75, 3.05) is 34.5 Å². The average Bonchev–Trinajstić information content (AvgIpc) is 3.57. The number of nitro groups is 1. The van der Waals surface area contributed by atoms with Gasteiger partial charge in [-0.05, 0) is 36.0 Å². The van der Waals surface area contributed by atoms with Crippen LogP contribution in [0, 0.1) is 10.1 Å². The third-order valence-electron chi connectivity index (χ3n) is 13.3. The van der Waals surface area contributed by atoms with Gasteiger partial charge in [-0.3, -0.25) is 24.5 Å². The minimum atomic E-state index is -3.40. The Hall–Kier alpha value is -9.00. The fraction of sp³-hybridized carbons (Fsp3) is 0.345. The molecule has 24 heteroatoms. The Morgan fingerprint density at radius 1 is 0.494 bits per heavy atom. The predicted molar refractivity (Wildman–Crippen MR) is 289 cm³/mol. The quantitative estimate of drug-likeness (QED) is 0.0239. The minimum Gasteiger partial charge on any atom is -0.481 e. The SMILES string of the molecule is CCC(N(C(=O)O)c1c(OCc2ccccc2)c(=O)ccn1CCO)C(C(CC)N(C(=O)O)c1c(OCc2ccccc2)c(=O)ccn1CCO)(C(CC)N(C(=O)O)c1c(OCc2ccccc2)c(=O)ccn1CCO)[N+](=O)[O-]. The molecular weight excluding hydrogens is 1030 g/mol. The standard InChI is InChI=1S/C55H63N7O17/c1-4-43(59(52(69)70)49-46(40(66)22-25-56(49)28-31-63)77-34-37-16-10-7-11-17-37)55(62(75)76,44(5-2)60(53(71)72)50-47(41(67)23-26-57(50)29-32-64)78-35-38-18-12-8-13-19-38)45(6-3)61(54(73)74)51-48(42(68)24-27-58(51)30-33-65)79-36-39-20-14-9-15-21-39/h7-27,43-45,63-65H,4-6,28-36H2,1-3H3,(H,69,70)(H,71,72)(H,73,74). The van der Waals surface area contributed by atoms with Crippen molar-refractivity contribution in [1.29, 1.82) is 0 Å². The van der Waals surface area contributed by atoms with Crippen molar-refractivity contribution in [3.63, 3.8) is 0 Å². The van der Waals surface area contributed by atoms with Gasteiger partial charge < -0.3 is 58.6 Å². The number of nitrogens with zero attached hydrogens (tertiary/aromatic N) is 7. The maximum absolute atomic E-state index is 15.4. The molecule has 0 saturated carbocycles. The third-order valence-corrected chi connectivity index (χ3v) is 13.3. The average molecular weight is 1090 g/mol. The molecule has 0 spiro atoms. The zero-order valence-electron chi connectivity index (χ0n) is 43.6. The first-order valence-corrected chi connectivity index (χ1v) is 25.3. The van der Waals surface area contributed by atoms with E-state index in [1.54, 1.807) is 91.0 Å². The molecule has 3 aromatic heterocycles. The minimum absolute atomic E-state index is 0.365. The molecule has 0 radical (unpaired) electrons. The monoisotopic (exact) mass is 1090 g/mol. The highest BCUT2D eigenvalue weighted by Gasteiger charge is 2.69. The normalized spacial score (nSPS) is 13.0. The van der Waals surface area contributed by atoms with Crippen LogP contribution in [-0.4, -0.2) is 111 Å². The van der Waals surface area contributed by atoms with E-state index in [1.165, 1.54) is 20.8 Å². The molecule has 420 valence electrons. The van der Waals surface area contributed by atoms with Crippen LogP contribution >= 0.6 is 0 Å². The number of pyridine rings is 3. The van der Waals surface area contributed by atoms with Gasteiger partial charge in [-0.1, -0.05) is 112 Å². The van der Waals surface area contributed by atoms with Crippen LogP contribution in [0.25, 0.3) is 0 Å². The first kappa shape index (κ1) is 59.2. The Bertz CT molecular complexity index is 2900. The maximum Gasteiger partial charge on any atom is 0.413 e.